The minimum atomic E-state index is -0.334. The van der Waals surface area contributed by atoms with Crippen LogP contribution in [0.1, 0.15) is 38.8 Å². The van der Waals surface area contributed by atoms with Crippen LogP contribution in [-0.4, -0.2) is 16.7 Å². The van der Waals surface area contributed by atoms with E-state index in [1.54, 1.807) is 0 Å². The summed E-state index contributed by atoms with van der Waals surface area (Å²) in [6.07, 6.45) is 0.400. The van der Waals surface area contributed by atoms with Gasteiger partial charge in [0.1, 0.15) is 0 Å². The zero-order chi connectivity index (χ0) is 12.5. The summed E-state index contributed by atoms with van der Waals surface area (Å²) in [4.78, 5) is 5.71. The van der Waals surface area contributed by atoms with E-state index in [9.17, 15) is 0 Å². The van der Waals surface area contributed by atoms with Gasteiger partial charge < -0.3 is 0 Å². The Morgan fingerprint density at radius 1 is 1.29 bits per heavy atom. The molecular formula is C14H18N2O. The topological polar surface area (TPSA) is 36.3 Å². The molecule has 0 aromatic heterocycles. The summed E-state index contributed by atoms with van der Waals surface area (Å²) >= 11 is 0. The van der Waals surface area contributed by atoms with Crippen molar-refractivity contribution in [2.75, 3.05) is 0 Å². The number of nitriles is 1. The van der Waals surface area contributed by atoms with Crippen LogP contribution in [0.3, 0.4) is 0 Å². The lowest BCUT2D eigenvalue weighted by Crippen LogP contribution is -2.40. The van der Waals surface area contributed by atoms with Gasteiger partial charge in [0.25, 0.3) is 0 Å². The zero-order valence-corrected chi connectivity index (χ0v) is 10.6. The number of nitrogens with zero attached hydrogens (tertiary/aromatic N) is 2. The highest BCUT2D eigenvalue weighted by molar-refractivity contribution is 5.21. The molecule has 1 fully saturated rings. The summed E-state index contributed by atoms with van der Waals surface area (Å²) in [5.41, 5.74) is 1.10. The highest BCUT2D eigenvalue weighted by atomic mass is 16.7. The molecule has 1 aliphatic rings. The molecule has 1 aliphatic heterocycles. The molecule has 1 aromatic rings. The first kappa shape index (κ1) is 12.1. The van der Waals surface area contributed by atoms with Crippen LogP contribution in [0.5, 0.6) is 0 Å². The Balaban J connectivity index is 2.29. The number of hydrogen-bond acceptors (Lipinski definition) is 3. The number of hydrogen-bond donors (Lipinski definition) is 0. The molecule has 17 heavy (non-hydrogen) atoms. The summed E-state index contributed by atoms with van der Waals surface area (Å²) in [6.45, 7) is 6.30. The van der Waals surface area contributed by atoms with Crippen molar-refractivity contribution in [1.82, 2.24) is 5.06 Å². The van der Waals surface area contributed by atoms with E-state index in [2.05, 4.69) is 39.0 Å². The molecule has 3 heteroatoms. The third-order valence-electron chi connectivity index (χ3n) is 2.95. The van der Waals surface area contributed by atoms with E-state index in [1.807, 2.05) is 23.3 Å². The standard InChI is InChI=1S/C14H18N2O/c1-14(2,3)16-13(9-12(10-15)17-16)11-7-5-4-6-8-11/h4-8,12-13H,9H2,1-3H3/t12?,13-/m0/s1. The largest absolute Gasteiger partial charge is 0.279 e. The molecule has 1 unspecified atom stereocenters. The number of rotatable bonds is 1. The van der Waals surface area contributed by atoms with Crippen LogP contribution in [0.15, 0.2) is 30.3 Å². The zero-order valence-electron chi connectivity index (χ0n) is 10.6. The first-order chi connectivity index (χ1) is 8.02. The van der Waals surface area contributed by atoms with Gasteiger partial charge in [0.05, 0.1) is 12.1 Å². The lowest BCUT2D eigenvalue weighted by molar-refractivity contribution is -0.203. The van der Waals surface area contributed by atoms with Gasteiger partial charge in [-0.05, 0) is 26.3 Å². The van der Waals surface area contributed by atoms with Crippen molar-refractivity contribution >= 4 is 0 Å². The van der Waals surface area contributed by atoms with E-state index in [0.29, 0.717) is 0 Å². The first-order valence-corrected chi connectivity index (χ1v) is 5.93. The Morgan fingerprint density at radius 3 is 2.47 bits per heavy atom. The van der Waals surface area contributed by atoms with Crippen LogP contribution in [-0.2, 0) is 4.84 Å². The Bertz CT molecular complexity index is 416. The maximum Gasteiger partial charge on any atom is 0.167 e. The van der Waals surface area contributed by atoms with Gasteiger partial charge in [0, 0.05) is 12.0 Å². The average molecular weight is 230 g/mol. The predicted molar refractivity (Wildman–Crippen MR) is 65.9 cm³/mol. The minimum absolute atomic E-state index is 0.105. The van der Waals surface area contributed by atoms with E-state index < -0.39 is 0 Å². The van der Waals surface area contributed by atoms with Gasteiger partial charge in [-0.3, -0.25) is 4.84 Å². The monoisotopic (exact) mass is 230 g/mol. The minimum Gasteiger partial charge on any atom is -0.279 e. The molecule has 3 nitrogen and oxygen atoms in total. The average Bonchev–Trinajstić information content (AvgIpc) is 2.74. The maximum atomic E-state index is 9.01. The predicted octanol–water partition coefficient (Wildman–Crippen LogP) is 3.06. The molecule has 0 bridgehead atoms. The molecule has 2 atom stereocenters. The lowest BCUT2D eigenvalue weighted by atomic mass is 9.98. The fourth-order valence-corrected chi connectivity index (χ4v) is 2.20. The second-order valence-corrected chi connectivity index (χ2v) is 5.38. The van der Waals surface area contributed by atoms with E-state index in [1.165, 1.54) is 5.56 Å². The molecule has 1 saturated heterocycles. The molecule has 1 aromatic carbocycles. The molecular weight excluding hydrogens is 212 g/mol. The van der Waals surface area contributed by atoms with Gasteiger partial charge in [-0.1, -0.05) is 30.3 Å². The first-order valence-electron chi connectivity index (χ1n) is 5.93. The van der Waals surface area contributed by atoms with Gasteiger partial charge >= 0.3 is 0 Å². The SMILES string of the molecule is CC(C)(C)N1OC(C#N)C[C@H]1c1ccccc1. The van der Waals surface area contributed by atoms with Crippen LogP contribution in [0.4, 0.5) is 0 Å². The van der Waals surface area contributed by atoms with Crippen molar-refractivity contribution in [3.05, 3.63) is 35.9 Å². The van der Waals surface area contributed by atoms with E-state index in [4.69, 9.17) is 10.1 Å². The van der Waals surface area contributed by atoms with Crippen LogP contribution in [0.2, 0.25) is 0 Å². The van der Waals surface area contributed by atoms with Crippen molar-refractivity contribution in [3.8, 4) is 6.07 Å². The van der Waals surface area contributed by atoms with Crippen molar-refractivity contribution in [1.29, 1.82) is 5.26 Å². The molecule has 1 heterocycles. The van der Waals surface area contributed by atoms with Gasteiger partial charge in [-0.15, -0.1) is 0 Å². The molecule has 0 amide bonds. The normalized spacial score (nSPS) is 25.8. The quantitative estimate of drug-likeness (QED) is 0.744. The summed E-state index contributed by atoms with van der Waals surface area (Å²) < 4.78 is 0. The summed E-state index contributed by atoms with van der Waals surface area (Å²) in [7, 11) is 0. The second kappa shape index (κ2) is 4.48. The van der Waals surface area contributed by atoms with E-state index in [-0.39, 0.29) is 17.7 Å². The Labute approximate surface area is 103 Å². The Hall–Kier alpha value is -1.37. The van der Waals surface area contributed by atoms with Crippen molar-refractivity contribution in [2.24, 2.45) is 0 Å². The third kappa shape index (κ3) is 2.49. The molecule has 0 spiro atoms. The number of benzene rings is 1. The van der Waals surface area contributed by atoms with Gasteiger partial charge in [-0.25, -0.2) is 0 Å². The molecule has 2 rings (SSSR count). The van der Waals surface area contributed by atoms with Crippen LogP contribution < -0.4 is 0 Å². The third-order valence-corrected chi connectivity index (χ3v) is 2.95. The van der Waals surface area contributed by atoms with Crippen molar-refractivity contribution < 1.29 is 4.84 Å². The smallest absolute Gasteiger partial charge is 0.167 e. The highest BCUT2D eigenvalue weighted by Gasteiger charge is 2.40. The van der Waals surface area contributed by atoms with Gasteiger partial charge in [0.2, 0.25) is 0 Å². The van der Waals surface area contributed by atoms with Crippen molar-refractivity contribution in [3.63, 3.8) is 0 Å². The van der Waals surface area contributed by atoms with Gasteiger partial charge in [0.15, 0.2) is 6.10 Å². The molecule has 0 saturated carbocycles. The fraction of sp³-hybridized carbons (Fsp3) is 0.500. The highest BCUT2D eigenvalue weighted by Crippen LogP contribution is 2.38. The lowest BCUT2D eigenvalue weighted by Gasteiger charge is -2.34. The summed E-state index contributed by atoms with van der Waals surface area (Å²) in [6, 6.07) is 12.6. The van der Waals surface area contributed by atoms with Crippen LogP contribution in [0, 0.1) is 11.3 Å². The van der Waals surface area contributed by atoms with E-state index in [0.717, 1.165) is 6.42 Å². The molecule has 90 valence electrons. The summed E-state index contributed by atoms with van der Waals surface area (Å²) in [5, 5.41) is 11.0. The molecule has 0 N–H and O–H groups in total. The van der Waals surface area contributed by atoms with Crippen LogP contribution in [0.25, 0.3) is 0 Å². The molecule has 0 aliphatic carbocycles. The fourth-order valence-electron chi connectivity index (χ4n) is 2.20. The molecule has 0 radical (unpaired) electrons. The van der Waals surface area contributed by atoms with Crippen LogP contribution >= 0.6 is 0 Å². The Morgan fingerprint density at radius 2 is 1.94 bits per heavy atom. The summed E-state index contributed by atoms with van der Waals surface area (Å²) in [5.74, 6) is 0. The Kier molecular flexibility index (Phi) is 3.19. The van der Waals surface area contributed by atoms with Crippen molar-refractivity contribution in [2.45, 2.75) is 44.9 Å². The van der Waals surface area contributed by atoms with Gasteiger partial charge in [-0.2, -0.15) is 10.3 Å². The second-order valence-electron chi connectivity index (χ2n) is 5.38. The maximum absolute atomic E-state index is 9.01. The van der Waals surface area contributed by atoms with E-state index >= 15 is 0 Å². The number of hydroxylamine groups is 2.